The van der Waals surface area contributed by atoms with Gasteiger partial charge in [0.15, 0.2) is 0 Å². The first-order valence-corrected chi connectivity index (χ1v) is 2.04. The van der Waals surface area contributed by atoms with Gasteiger partial charge in [0.2, 0.25) is 0 Å². The van der Waals surface area contributed by atoms with Gasteiger partial charge in [-0.3, -0.25) is 0 Å². The molecule has 0 aromatic heterocycles. The second kappa shape index (κ2) is 7.92. The molecule has 1 unspecified atom stereocenters. The van der Waals surface area contributed by atoms with Crippen LogP contribution in [0.2, 0.25) is 0 Å². The van der Waals surface area contributed by atoms with E-state index in [0.717, 1.165) is 13.2 Å². The summed E-state index contributed by atoms with van der Waals surface area (Å²) in [5.74, 6) is 0. The van der Waals surface area contributed by atoms with Crippen molar-refractivity contribution in [3.8, 4) is 0 Å². The lowest BCUT2D eigenvalue weighted by atomic mass is 10.5. The Hall–Kier alpha value is -0.0800. The summed E-state index contributed by atoms with van der Waals surface area (Å²) in [6, 6.07) is 0. The van der Waals surface area contributed by atoms with Gasteiger partial charge < -0.3 is 9.47 Å². The Kier molecular flexibility index (Phi) is 14.0. The molecule has 1 atom stereocenters. The third-order valence-electron chi connectivity index (χ3n) is 0.755. The topological polar surface area (TPSA) is 21.8 Å². The van der Waals surface area contributed by atoms with E-state index >= 15 is 0 Å². The lowest BCUT2D eigenvalue weighted by Gasteiger charge is -1.84. The van der Waals surface area contributed by atoms with Crippen LogP contribution in [-0.4, -0.2) is 26.4 Å². The van der Waals surface area contributed by atoms with Gasteiger partial charge in [-0.05, 0) is 0 Å². The summed E-state index contributed by atoms with van der Waals surface area (Å²) >= 11 is 0. The summed E-state index contributed by atoms with van der Waals surface area (Å²) < 4.78 is 9.56. The predicted octanol–water partition coefficient (Wildman–Crippen LogP) is 1.94. The fraction of sp³-hybridized carbons (Fsp3) is 1.00. The van der Waals surface area contributed by atoms with Gasteiger partial charge in [0.05, 0.1) is 13.2 Å². The summed E-state index contributed by atoms with van der Waals surface area (Å²) in [6.45, 7) is 1.66. The highest BCUT2D eigenvalue weighted by atomic mass is 16.6. The Morgan fingerprint density at radius 2 is 1.89 bits per heavy atom. The summed E-state index contributed by atoms with van der Waals surface area (Å²) in [4.78, 5) is 0. The van der Waals surface area contributed by atoms with Crippen LogP contribution in [0.4, 0.5) is 0 Å². The molecular formula is C7H20O2. The molecule has 0 amide bonds. The van der Waals surface area contributed by atoms with Gasteiger partial charge >= 0.3 is 0 Å². The van der Waals surface area contributed by atoms with Crippen LogP contribution in [-0.2, 0) is 9.47 Å². The molecule has 9 heavy (non-hydrogen) atoms. The molecule has 0 aliphatic carbocycles. The molecular weight excluding hydrogens is 116 g/mol. The second-order valence-electron chi connectivity index (χ2n) is 1.41. The van der Waals surface area contributed by atoms with Crippen molar-refractivity contribution in [2.75, 3.05) is 20.3 Å². The van der Waals surface area contributed by atoms with Gasteiger partial charge in [0.1, 0.15) is 6.10 Å². The molecule has 0 saturated carbocycles. The van der Waals surface area contributed by atoms with Crippen LogP contribution in [0.1, 0.15) is 22.3 Å². The summed E-state index contributed by atoms with van der Waals surface area (Å²) in [6.07, 6.45) is 0.426. The van der Waals surface area contributed by atoms with Crippen LogP contribution in [0.25, 0.3) is 0 Å². The zero-order valence-corrected chi connectivity index (χ0v) is 3.81. The van der Waals surface area contributed by atoms with Crippen molar-refractivity contribution in [3.05, 3.63) is 0 Å². The highest BCUT2D eigenvalue weighted by Gasteiger charge is 2.21. The van der Waals surface area contributed by atoms with E-state index in [9.17, 15) is 0 Å². The standard InChI is InChI=1S/C4H8O2.3CH4/c1-5-2-4-3-6-4;;;/h4H,2-3H2,1H3;3*1H4. The number of hydrogen-bond donors (Lipinski definition) is 0. The van der Waals surface area contributed by atoms with Gasteiger partial charge in [-0.1, -0.05) is 22.3 Å². The fourth-order valence-electron chi connectivity index (χ4n) is 0.350. The largest absolute Gasteiger partial charge is 0.382 e. The van der Waals surface area contributed by atoms with E-state index < -0.39 is 0 Å². The smallest absolute Gasteiger partial charge is 0.104 e. The maximum absolute atomic E-state index is 4.82. The van der Waals surface area contributed by atoms with Gasteiger partial charge in [-0.15, -0.1) is 0 Å². The van der Waals surface area contributed by atoms with Crippen LogP contribution in [0.5, 0.6) is 0 Å². The van der Waals surface area contributed by atoms with E-state index in [0.29, 0.717) is 6.10 Å². The first-order valence-electron chi connectivity index (χ1n) is 2.04. The molecule has 0 spiro atoms. The van der Waals surface area contributed by atoms with Gasteiger partial charge in [0.25, 0.3) is 0 Å². The van der Waals surface area contributed by atoms with Crippen molar-refractivity contribution >= 4 is 0 Å². The van der Waals surface area contributed by atoms with Crippen LogP contribution in [0.3, 0.4) is 0 Å². The third kappa shape index (κ3) is 7.92. The van der Waals surface area contributed by atoms with E-state index in [-0.39, 0.29) is 22.3 Å². The van der Waals surface area contributed by atoms with Gasteiger partial charge in [0, 0.05) is 7.11 Å². The Morgan fingerprint density at radius 3 is 2.00 bits per heavy atom. The maximum Gasteiger partial charge on any atom is 0.104 e. The molecule has 2 heteroatoms. The quantitative estimate of drug-likeness (QED) is 0.541. The Bertz CT molecular complexity index is 42.2. The lowest BCUT2D eigenvalue weighted by Crippen LogP contribution is -1.94. The second-order valence-corrected chi connectivity index (χ2v) is 1.41. The molecule has 1 aliphatic rings. The molecule has 60 valence electrons. The average Bonchev–Trinajstić information content (AvgIpc) is 2.21. The van der Waals surface area contributed by atoms with Gasteiger partial charge in [-0.2, -0.15) is 0 Å². The maximum atomic E-state index is 4.82. The highest BCUT2D eigenvalue weighted by Crippen LogP contribution is 2.06. The molecule has 2 nitrogen and oxygen atoms in total. The molecule has 0 aromatic carbocycles. The van der Waals surface area contributed by atoms with Crippen LogP contribution >= 0.6 is 0 Å². The van der Waals surface area contributed by atoms with Crippen LogP contribution in [0.15, 0.2) is 0 Å². The Balaban J connectivity index is -0.000000120. The highest BCUT2D eigenvalue weighted by molar-refractivity contribution is 4.66. The average molecular weight is 136 g/mol. The number of rotatable bonds is 2. The van der Waals surface area contributed by atoms with E-state index in [1.54, 1.807) is 7.11 Å². The fourth-order valence-corrected chi connectivity index (χ4v) is 0.350. The molecule has 0 radical (unpaired) electrons. The summed E-state index contributed by atoms with van der Waals surface area (Å²) in [7, 11) is 1.68. The molecule has 1 saturated heterocycles. The first-order chi connectivity index (χ1) is 2.93. The molecule has 1 heterocycles. The minimum atomic E-state index is 0. The summed E-state index contributed by atoms with van der Waals surface area (Å²) in [5.41, 5.74) is 0. The predicted molar refractivity (Wildman–Crippen MR) is 41.8 cm³/mol. The van der Waals surface area contributed by atoms with E-state index in [1.807, 2.05) is 0 Å². The normalized spacial score (nSPS) is 20.3. The molecule has 1 rings (SSSR count). The minimum absolute atomic E-state index is 0. The molecule has 0 N–H and O–H groups in total. The monoisotopic (exact) mass is 136 g/mol. The zero-order valence-electron chi connectivity index (χ0n) is 3.81. The minimum Gasteiger partial charge on any atom is -0.382 e. The van der Waals surface area contributed by atoms with Crippen molar-refractivity contribution in [2.45, 2.75) is 28.4 Å². The van der Waals surface area contributed by atoms with E-state index in [4.69, 9.17) is 9.47 Å². The number of methoxy groups -OCH3 is 1. The molecule has 1 aliphatic heterocycles. The van der Waals surface area contributed by atoms with Crippen molar-refractivity contribution < 1.29 is 9.47 Å². The Morgan fingerprint density at radius 1 is 1.44 bits per heavy atom. The first kappa shape index (κ1) is 16.0. The SMILES string of the molecule is C.C.C.COCC1CO1. The molecule has 1 fully saturated rings. The van der Waals surface area contributed by atoms with Crippen LogP contribution < -0.4 is 0 Å². The summed E-state index contributed by atoms with van der Waals surface area (Å²) in [5, 5.41) is 0. The van der Waals surface area contributed by atoms with Gasteiger partial charge in [-0.25, -0.2) is 0 Å². The lowest BCUT2D eigenvalue weighted by molar-refractivity contribution is 0.171. The van der Waals surface area contributed by atoms with Crippen LogP contribution in [0, 0.1) is 0 Å². The number of hydrogen-bond acceptors (Lipinski definition) is 2. The van der Waals surface area contributed by atoms with E-state index in [1.165, 1.54) is 0 Å². The van der Waals surface area contributed by atoms with Crippen molar-refractivity contribution in [1.29, 1.82) is 0 Å². The van der Waals surface area contributed by atoms with E-state index in [2.05, 4.69) is 0 Å². The van der Waals surface area contributed by atoms with Crippen molar-refractivity contribution in [1.82, 2.24) is 0 Å². The van der Waals surface area contributed by atoms with Crippen molar-refractivity contribution in [2.24, 2.45) is 0 Å². The number of epoxide rings is 1. The molecule has 0 aromatic rings. The zero-order chi connectivity index (χ0) is 4.41. The molecule has 0 bridgehead atoms. The third-order valence-corrected chi connectivity index (χ3v) is 0.755. The van der Waals surface area contributed by atoms with Crippen molar-refractivity contribution in [3.63, 3.8) is 0 Å². The Labute approximate surface area is 59.2 Å². The number of ether oxygens (including phenoxy) is 2.